The van der Waals surface area contributed by atoms with Crippen molar-refractivity contribution in [1.29, 1.82) is 0 Å². The lowest BCUT2D eigenvalue weighted by atomic mass is 9.96. The van der Waals surface area contributed by atoms with Crippen LogP contribution in [0.4, 0.5) is 5.69 Å². The highest BCUT2D eigenvalue weighted by molar-refractivity contribution is 8.23. The van der Waals surface area contributed by atoms with Crippen LogP contribution in [0.3, 0.4) is 0 Å². The van der Waals surface area contributed by atoms with E-state index in [0.717, 1.165) is 6.26 Å². The molecule has 11 heteroatoms. The van der Waals surface area contributed by atoms with E-state index in [-0.39, 0.29) is 6.42 Å². The molecule has 0 aliphatic rings. The van der Waals surface area contributed by atoms with Crippen molar-refractivity contribution in [3.05, 3.63) is 23.0 Å². The van der Waals surface area contributed by atoms with E-state index in [0.29, 0.717) is 37.6 Å². The summed E-state index contributed by atoms with van der Waals surface area (Å²) in [6.45, 7) is 5.64. The summed E-state index contributed by atoms with van der Waals surface area (Å²) >= 11 is 12.7. The second-order valence-electron chi connectivity index (χ2n) is 6.94. The van der Waals surface area contributed by atoms with Crippen molar-refractivity contribution in [3.63, 3.8) is 0 Å². The number of thiocarbonyl (C=S) groups is 1. The number of carboxylic acids is 1. The Kier molecular flexibility index (Phi) is 6.45. The van der Waals surface area contributed by atoms with Crippen molar-refractivity contribution in [2.75, 3.05) is 17.3 Å². The minimum Gasteiger partial charge on any atom is -0.481 e. The van der Waals surface area contributed by atoms with Gasteiger partial charge in [0.05, 0.1) is 34.4 Å². The molecule has 1 aromatic carbocycles. The van der Waals surface area contributed by atoms with Gasteiger partial charge in [0.25, 0.3) is 0 Å². The molecule has 1 aromatic heterocycles. The number of halogens is 1. The first-order chi connectivity index (χ1) is 12.3. The lowest BCUT2D eigenvalue weighted by Crippen LogP contribution is -2.23. The Morgan fingerprint density at radius 1 is 1.41 bits per heavy atom. The van der Waals surface area contributed by atoms with Gasteiger partial charge >= 0.3 is 5.97 Å². The van der Waals surface area contributed by atoms with E-state index in [1.54, 1.807) is 12.1 Å². The zero-order chi connectivity index (χ0) is 20.6. The monoisotopic (exact) mass is 449 g/mol. The number of nitrogens with zero attached hydrogens (tertiary/aromatic N) is 2. The van der Waals surface area contributed by atoms with Crippen LogP contribution >= 0.6 is 35.6 Å². The summed E-state index contributed by atoms with van der Waals surface area (Å²) in [5, 5.41) is 12.0. The number of nitrogens with one attached hydrogen (secondary N) is 1. The van der Waals surface area contributed by atoms with Gasteiger partial charge in [-0.2, -0.15) is 0 Å². The number of aliphatic carboxylic acids is 1. The number of anilines is 1. The van der Waals surface area contributed by atoms with Crippen molar-refractivity contribution in [3.8, 4) is 0 Å². The number of aromatic nitrogens is 2. The van der Waals surface area contributed by atoms with Crippen molar-refractivity contribution in [1.82, 2.24) is 8.96 Å². The molecule has 2 N–H and O–H groups in total. The zero-order valence-corrected chi connectivity index (χ0v) is 18.4. The normalized spacial score (nSPS) is 12.3. The molecule has 2 rings (SSSR count). The number of hydrogen-bond acceptors (Lipinski definition) is 6. The smallest absolute Gasteiger partial charge is 0.304 e. The number of fused-ring (bicyclic) bond motifs is 1. The SMILES string of the molecule is CC(C)(C)c1nc2cc(Cl)c(NC(=S)SCCC(=O)O)cc2n1S(C)(=O)=O. The van der Waals surface area contributed by atoms with E-state index in [2.05, 4.69) is 10.3 Å². The van der Waals surface area contributed by atoms with Crippen LogP contribution in [0.1, 0.15) is 33.0 Å². The van der Waals surface area contributed by atoms with E-state index >= 15 is 0 Å². The van der Waals surface area contributed by atoms with Gasteiger partial charge in [0.2, 0.25) is 10.0 Å². The van der Waals surface area contributed by atoms with Gasteiger partial charge in [-0.1, -0.05) is 56.4 Å². The molecule has 0 aliphatic heterocycles. The zero-order valence-electron chi connectivity index (χ0n) is 15.2. The van der Waals surface area contributed by atoms with E-state index < -0.39 is 21.4 Å². The Hall–Kier alpha value is -1.36. The molecule has 0 unspecified atom stereocenters. The Morgan fingerprint density at radius 3 is 2.56 bits per heavy atom. The first-order valence-corrected chi connectivity index (χ1v) is 11.5. The molecule has 2 aromatic rings. The molecule has 148 valence electrons. The number of thioether (sulfide) groups is 1. The molecule has 0 saturated heterocycles. The minimum atomic E-state index is -3.60. The highest BCUT2D eigenvalue weighted by Crippen LogP contribution is 2.33. The highest BCUT2D eigenvalue weighted by Gasteiger charge is 2.28. The fourth-order valence-corrected chi connectivity index (χ4v) is 4.70. The third-order valence-corrected chi connectivity index (χ3v) is 6.06. The maximum atomic E-state index is 12.4. The predicted molar refractivity (Wildman–Crippen MR) is 115 cm³/mol. The van der Waals surface area contributed by atoms with Crippen LogP contribution in [0, 0.1) is 0 Å². The van der Waals surface area contributed by atoms with Gasteiger partial charge in [-0.15, -0.1) is 0 Å². The summed E-state index contributed by atoms with van der Waals surface area (Å²) in [5.41, 5.74) is 0.796. The Balaban J connectivity index is 2.47. The summed E-state index contributed by atoms with van der Waals surface area (Å²) in [7, 11) is -3.60. The summed E-state index contributed by atoms with van der Waals surface area (Å²) in [6, 6.07) is 3.17. The first kappa shape index (κ1) is 21.9. The highest BCUT2D eigenvalue weighted by atomic mass is 35.5. The van der Waals surface area contributed by atoms with Crippen LogP contribution in [0.2, 0.25) is 5.02 Å². The topological polar surface area (TPSA) is 101 Å². The van der Waals surface area contributed by atoms with Crippen LogP contribution in [0.5, 0.6) is 0 Å². The molecule has 7 nitrogen and oxygen atoms in total. The summed E-state index contributed by atoms with van der Waals surface area (Å²) < 4.78 is 26.3. The van der Waals surface area contributed by atoms with Crippen LogP contribution in [0.15, 0.2) is 12.1 Å². The molecule has 0 radical (unpaired) electrons. The number of rotatable bonds is 5. The molecule has 0 fully saturated rings. The van der Waals surface area contributed by atoms with Gasteiger partial charge in [-0.05, 0) is 12.1 Å². The minimum absolute atomic E-state index is 0.0188. The fourth-order valence-electron chi connectivity index (χ4n) is 2.36. The van der Waals surface area contributed by atoms with Gasteiger partial charge in [-0.25, -0.2) is 17.4 Å². The Labute approximate surface area is 172 Å². The third kappa shape index (κ3) is 5.34. The molecule has 0 bridgehead atoms. The van der Waals surface area contributed by atoms with Gasteiger partial charge in [-0.3, -0.25) is 4.79 Å². The summed E-state index contributed by atoms with van der Waals surface area (Å²) in [6.07, 6.45) is 1.10. The van der Waals surface area contributed by atoms with Gasteiger partial charge in [0, 0.05) is 11.2 Å². The van der Waals surface area contributed by atoms with Crippen LogP contribution in [-0.4, -0.2) is 44.8 Å². The Bertz CT molecular complexity index is 1010. The summed E-state index contributed by atoms with van der Waals surface area (Å²) in [5.74, 6) is -0.181. The Morgan fingerprint density at radius 2 is 2.04 bits per heavy atom. The fraction of sp³-hybridized carbons (Fsp3) is 0.438. The van der Waals surface area contributed by atoms with Crippen LogP contribution < -0.4 is 5.32 Å². The van der Waals surface area contributed by atoms with E-state index in [1.165, 1.54) is 15.7 Å². The molecular weight excluding hydrogens is 430 g/mol. The number of hydrogen-bond donors (Lipinski definition) is 2. The molecule has 1 heterocycles. The summed E-state index contributed by atoms with van der Waals surface area (Å²) in [4.78, 5) is 15.1. The van der Waals surface area contributed by atoms with E-state index in [9.17, 15) is 13.2 Å². The molecule has 0 atom stereocenters. The molecular formula is C16H20ClN3O4S3. The first-order valence-electron chi connectivity index (χ1n) is 7.89. The largest absolute Gasteiger partial charge is 0.481 e. The van der Waals surface area contributed by atoms with Gasteiger partial charge in [0.15, 0.2) is 0 Å². The average Bonchev–Trinajstić information content (AvgIpc) is 2.85. The quantitative estimate of drug-likeness (QED) is 0.666. The number of benzene rings is 1. The predicted octanol–water partition coefficient (Wildman–Crippen LogP) is 3.70. The average molecular weight is 450 g/mol. The van der Waals surface area contributed by atoms with Crippen molar-refractivity contribution >= 4 is 72.6 Å². The van der Waals surface area contributed by atoms with Crippen molar-refractivity contribution in [2.45, 2.75) is 32.6 Å². The second kappa shape index (κ2) is 7.94. The standard InChI is InChI=1S/C16H20ClN3O4S3/c1-16(2,3)14-18-11-7-9(17)10(8-12(11)20(14)27(4,23)24)19-15(25)26-6-5-13(21)22/h7-8H,5-6H2,1-4H3,(H,19,25)(H,21,22). The molecule has 27 heavy (non-hydrogen) atoms. The molecule has 0 aliphatic carbocycles. The number of imidazole rings is 1. The van der Waals surface area contributed by atoms with Crippen molar-refractivity contribution in [2.24, 2.45) is 0 Å². The number of carbonyl (C=O) groups is 1. The third-order valence-electron chi connectivity index (χ3n) is 3.49. The second-order valence-corrected chi connectivity index (χ2v) is 10.9. The molecule has 0 saturated carbocycles. The number of carboxylic acid groups (broad SMARTS) is 1. The lowest BCUT2D eigenvalue weighted by molar-refractivity contribution is -0.136. The van der Waals surface area contributed by atoms with Crippen molar-refractivity contribution < 1.29 is 18.3 Å². The van der Waals surface area contributed by atoms with Gasteiger partial charge in [0.1, 0.15) is 10.1 Å². The van der Waals surface area contributed by atoms with Crippen LogP contribution in [-0.2, 0) is 20.2 Å². The lowest BCUT2D eigenvalue weighted by Gasteiger charge is -2.19. The molecule has 0 spiro atoms. The maximum Gasteiger partial charge on any atom is 0.304 e. The molecule has 0 amide bonds. The maximum absolute atomic E-state index is 12.4. The van der Waals surface area contributed by atoms with Crippen LogP contribution in [0.25, 0.3) is 11.0 Å². The van der Waals surface area contributed by atoms with E-state index in [1.807, 2.05) is 20.8 Å². The van der Waals surface area contributed by atoms with E-state index in [4.69, 9.17) is 28.9 Å². The van der Waals surface area contributed by atoms with Gasteiger partial charge < -0.3 is 10.4 Å².